The fourth-order valence-electron chi connectivity index (χ4n) is 5.04. The molecule has 6 rings (SSSR count). The minimum absolute atomic E-state index is 0. The number of hydrazine groups is 1. The molecular weight excluding hydrogens is 1050 g/mol. The third kappa shape index (κ3) is 27.6. The summed E-state index contributed by atoms with van der Waals surface area (Å²) in [5.74, 6) is 6.89. The maximum atomic E-state index is 13.1. The zero-order valence-corrected chi connectivity index (χ0v) is 46.2. The Kier molecular flexibility index (Phi) is 34.7. The first-order chi connectivity index (χ1) is 33.9. The molecule has 15 nitrogen and oxygen atoms in total. The minimum Gasteiger partial charge on any atom is -0.869 e. The van der Waals surface area contributed by atoms with E-state index in [0.29, 0.717) is 23.6 Å². The van der Waals surface area contributed by atoms with Gasteiger partial charge in [0.15, 0.2) is 17.3 Å². The Hall–Kier alpha value is -5.57. The van der Waals surface area contributed by atoms with Crippen molar-refractivity contribution in [2.45, 2.75) is 72.6 Å². The Labute approximate surface area is 460 Å². The van der Waals surface area contributed by atoms with Crippen LogP contribution < -0.4 is 61.2 Å². The fraction of sp³-hybridized carbons (Fsp3) is 0.224. The zero-order chi connectivity index (χ0) is 54.6. The molecule has 0 bridgehead atoms. The minimum atomic E-state index is -5.00. The summed E-state index contributed by atoms with van der Waals surface area (Å²) in [4.78, 5) is 36.6. The van der Waals surface area contributed by atoms with E-state index >= 15 is 0 Å². The van der Waals surface area contributed by atoms with Crippen molar-refractivity contribution in [1.82, 2.24) is 9.78 Å². The first-order valence-corrected chi connectivity index (χ1v) is 23.0. The van der Waals surface area contributed by atoms with Gasteiger partial charge in [0.1, 0.15) is 5.75 Å². The molecule has 0 saturated heterocycles. The summed E-state index contributed by atoms with van der Waals surface area (Å²) in [6.45, 7) is 14.9. The van der Waals surface area contributed by atoms with Crippen LogP contribution in [0.25, 0.3) is 16.9 Å². The Morgan fingerprint density at radius 2 is 1.26 bits per heavy atom. The maximum Gasteiger partial charge on any atom is 1.00 e. The number of carbonyl (C=O) groups excluding carboxylic acids is 3. The number of allylic oxidation sites excluding steroid dienone is 2. The molecule has 1 unspecified atom stereocenters. The summed E-state index contributed by atoms with van der Waals surface area (Å²) >= 11 is -0.959. The van der Waals surface area contributed by atoms with Crippen molar-refractivity contribution in [2.24, 2.45) is 16.9 Å². The van der Waals surface area contributed by atoms with Crippen molar-refractivity contribution in [3.05, 3.63) is 173 Å². The van der Waals surface area contributed by atoms with Gasteiger partial charge in [-0.25, -0.2) is 9.82 Å². The van der Waals surface area contributed by atoms with Gasteiger partial charge in [0, 0.05) is 34.2 Å². The number of rotatable bonds is 12. The van der Waals surface area contributed by atoms with E-state index in [2.05, 4.69) is 30.5 Å². The van der Waals surface area contributed by atoms with E-state index in [4.69, 9.17) is 15.2 Å². The van der Waals surface area contributed by atoms with Crippen molar-refractivity contribution in [1.29, 1.82) is 0 Å². The number of esters is 1. The average molecular weight is 1110 g/mol. The molecule has 0 radical (unpaired) electrons. The van der Waals surface area contributed by atoms with E-state index in [-0.39, 0.29) is 71.1 Å². The molecule has 0 aliphatic rings. The second kappa shape index (κ2) is 36.4. The van der Waals surface area contributed by atoms with Gasteiger partial charge in [-0.3, -0.25) is 20.2 Å². The number of nitrogens with one attached hydrogen (secondary N) is 1. The quantitative estimate of drug-likeness (QED) is 0.00875. The SMILES string of the molecule is CC.CC(=O)c1ccc(C)cc1.CCOC(C)=O.Cc1ccc(-c2cc(C(F)(F)F)nn2-c2ccc(OS(N)=O)cc2)cc1.Cc1ccc(C(=O)/C=C(\[O-])C(F)(F)F)cc1.Cl.NNc1ccc(SOON)cc1.[Na+]. The Morgan fingerprint density at radius 1 is 0.784 bits per heavy atom. The molecule has 74 heavy (non-hydrogen) atoms. The Balaban J connectivity index is 0. The van der Waals surface area contributed by atoms with Crippen molar-refractivity contribution in [2.75, 3.05) is 12.0 Å². The van der Waals surface area contributed by atoms with Crippen molar-refractivity contribution in [3.8, 4) is 22.7 Å². The number of hydrogen-bond acceptors (Lipinski definition) is 14. The standard InChI is InChI=1S/C17H14F3N3O2S.C11H9F3O2.C9H10O.C6H9N3O2S.C4H8O2.C2H6.ClH.Na/c1-11-2-4-12(5-3-11)15-10-16(17(18,19)20)22-23(15)13-6-8-14(9-7-13)25-26(21)24;1-7-2-4-8(5-3-7)9(15)6-10(16)11(12,13)14;1-7-3-5-9(6-4-7)8(2)10;7-9-5-1-3-6(4-2-5)12-11-10-8;1-3-6-4(2)5;1-2;;/h2-10H,21H2,1H3;2-6,16H,1H3;3-6H,1-2H3;1-4,9H,7-8H2;3H2,1-2H3;1-2H3;1H;/q;;;;;;;+1/p-1/b;10-6-;;;;;;. The molecule has 0 amide bonds. The molecule has 0 aliphatic heterocycles. The van der Waals surface area contributed by atoms with Crippen LogP contribution in [0.5, 0.6) is 5.75 Å². The molecule has 7 N–H and O–H groups in total. The van der Waals surface area contributed by atoms with Gasteiger partial charge in [-0.15, -0.1) is 21.7 Å². The summed E-state index contributed by atoms with van der Waals surface area (Å²) in [5, 5.41) is 19.3. The van der Waals surface area contributed by atoms with Gasteiger partial charge in [0.25, 0.3) is 11.3 Å². The molecule has 1 heterocycles. The number of ketones is 2. The van der Waals surface area contributed by atoms with Gasteiger partial charge >= 0.3 is 47.9 Å². The summed E-state index contributed by atoms with van der Waals surface area (Å²) < 4.78 is 101. The van der Waals surface area contributed by atoms with Gasteiger partial charge in [0.2, 0.25) is 0 Å². The van der Waals surface area contributed by atoms with Crippen molar-refractivity contribution < 1.29 is 97.8 Å². The molecule has 398 valence electrons. The second-order valence-corrected chi connectivity index (χ2v) is 15.5. The topological polar surface area (TPSA) is 236 Å². The Bertz CT molecular complexity index is 2630. The average Bonchev–Trinajstić information content (AvgIpc) is 3.80. The van der Waals surface area contributed by atoms with Gasteiger partial charge in [-0.1, -0.05) is 103 Å². The number of hydrogen-bond donors (Lipinski definition) is 4. The fourth-order valence-corrected chi connectivity index (χ4v) is 5.71. The first kappa shape index (κ1) is 70.5. The summed E-state index contributed by atoms with van der Waals surface area (Å²) in [7, 11) is 0. The third-order valence-electron chi connectivity index (χ3n) is 8.48. The van der Waals surface area contributed by atoms with Crippen molar-refractivity contribution in [3.63, 3.8) is 0 Å². The molecule has 1 aromatic heterocycles. The van der Waals surface area contributed by atoms with Crippen LogP contribution in [0.4, 0.5) is 32.0 Å². The molecule has 5 aromatic carbocycles. The van der Waals surface area contributed by atoms with Crippen LogP contribution in [0, 0.1) is 20.8 Å². The van der Waals surface area contributed by atoms with Crippen LogP contribution >= 0.6 is 24.4 Å². The number of carbonyl (C=O) groups is 3. The maximum absolute atomic E-state index is 13.1. The number of ether oxygens (including phenoxy) is 1. The molecule has 0 aliphatic carbocycles. The summed E-state index contributed by atoms with van der Waals surface area (Å²) in [6, 6.07) is 34.8. The molecule has 0 saturated carbocycles. The predicted octanol–water partition coefficient (Wildman–Crippen LogP) is 7.79. The number of aromatic nitrogens is 2. The Morgan fingerprint density at radius 3 is 1.64 bits per heavy atom. The number of alkyl halides is 6. The van der Waals surface area contributed by atoms with Crippen LogP contribution in [0.15, 0.2) is 144 Å². The molecule has 0 fully saturated rings. The van der Waals surface area contributed by atoms with E-state index in [1.807, 2.05) is 88.4 Å². The van der Waals surface area contributed by atoms with E-state index in [1.165, 1.54) is 53.6 Å². The number of halogens is 7. The molecule has 6 aromatic rings. The molecule has 1 atom stereocenters. The predicted molar refractivity (Wildman–Crippen MR) is 270 cm³/mol. The van der Waals surface area contributed by atoms with E-state index in [9.17, 15) is 50.0 Å². The normalized spacial score (nSPS) is 10.8. The van der Waals surface area contributed by atoms with E-state index in [0.717, 1.165) is 45.4 Å². The van der Waals surface area contributed by atoms with E-state index < -0.39 is 40.9 Å². The molecule has 25 heteroatoms. The van der Waals surface area contributed by atoms with Gasteiger partial charge in [0.05, 0.1) is 30.0 Å². The van der Waals surface area contributed by atoms with Gasteiger partial charge < -0.3 is 19.5 Å². The van der Waals surface area contributed by atoms with Crippen LogP contribution in [-0.2, 0) is 36.3 Å². The largest absolute Gasteiger partial charge is 1.00 e. The number of nitrogens with two attached hydrogens (primary N) is 3. The number of nitrogens with zero attached hydrogens (tertiary/aromatic N) is 2. The summed E-state index contributed by atoms with van der Waals surface area (Å²) in [5.41, 5.74) is 7.53. The van der Waals surface area contributed by atoms with Crippen LogP contribution in [-0.4, -0.2) is 44.3 Å². The molecule has 0 spiro atoms. The van der Waals surface area contributed by atoms with Crippen LogP contribution in [0.1, 0.15) is 77.7 Å². The number of anilines is 1. The number of aryl methyl sites for hydroxylation is 3. The zero-order valence-electron chi connectivity index (χ0n) is 41.7. The van der Waals surface area contributed by atoms with E-state index in [1.54, 1.807) is 45.0 Å². The van der Waals surface area contributed by atoms with Crippen LogP contribution in [0.3, 0.4) is 0 Å². The number of Topliss-reactive ketones (excluding diaryl/α,β-unsaturated/α-hetero) is 1. The van der Waals surface area contributed by atoms with Crippen molar-refractivity contribution >= 4 is 58.9 Å². The first-order valence-electron chi connectivity index (χ1n) is 21.1. The van der Waals surface area contributed by atoms with Crippen LogP contribution in [0.2, 0.25) is 0 Å². The number of nitrogen functional groups attached to an aromatic ring is 1. The number of benzene rings is 5. The third-order valence-corrected chi connectivity index (χ3v) is 9.45. The summed E-state index contributed by atoms with van der Waals surface area (Å²) in [6.07, 6.45) is -9.50. The smallest absolute Gasteiger partial charge is 0.869 e. The van der Waals surface area contributed by atoms with Gasteiger partial charge in [-0.05, 0) is 101 Å². The van der Waals surface area contributed by atoms with Gasteiger partial charge in [-0.2, -0.15) is 41.5 Å². The second-order valence-electron chi connectivity index (χ2n) is 14.0. The monoisotopic (exact) mass is 1110 g/mol. The molecular formula is C49H56ClF6N6NaO9S2.